The van der Waals surface area contributed by atoms with E-state index in [4.69, 9.17) is 9.47 Å². The number of nitrogens with zero attached hydrogens (tertiary/aromatic N) is 2. The highest BCUT2D eigenvalue weighted by Gasteiger charge is 2.34. The molecule has 2 atom stereocenters. The second-order valence-corrected chi connectivity index (χ2v) is 9.84. The Kier molecular flexibility index (Phi) is 7.71. The Morgan fingerprint density at radius 1 is 1.31 bits per heavy atom. The number of benzene rings is 1. The number of fused-ring (bicyclic) bond motifs is 1. The number of carbonyl (C=O) groups is 1. The lowest BCUT2D eigenvalue weighted by Crippen LogP contribution is -2.48. The van der Waals surface area contributed by atoms with Crippen molar-refractivity contribution < 1.29 is 19.4 Å². The van der Waals surface area contributed by atoms with Crippen molar-refractivity contribution in [3.05, 3.63) is 46.2 Å². The molecule has 1 aromatic heterocycles. The summed E-state index contributed by atoms with van der Waals surface area (Å²) >= 11 is 1.76. The van der Waals surface area contributed by atoms with E-state index >= 15 is 0 Å². The fourth-order valence-electron chi connectivity index (χ4n) is 4.32. The fourth-order valence-corrected chi connectivity index (χ4v) is 5.25. The topological polar surface area (TPSA) is 62.2 Å². The molecule has 0 radical (unpaired) electrons. The summed E-state index contributed by atoms with van der Waals surface area (Å²) in [4.78, 5) is 18.9. The summed E-state index contributed by atoms with van der Waals surface area (Å²) in [5.74, 6) is 2.27. The summed E-state index contributed by atoms with van der Waals surface area (Å²) in [6.07, 6.45) is 3.65. The lowest BCUT2D eigenvalue weighted by atomic mass is 10.0. The van der Waals surface area contributed by atoms with Crippen LogP contribution in [0.5, 0.6) is 11.5 Å². The predicted octanol–water partition coefficient (Wildman–Crippen LogP) is 3.74. The number of ether oxygens (including phenoxy) is 2. The molecule has 4 rings (SSSR count). The third-order valence-corrected chi connectivity index (χ3v) is 7.37. The standard InChI is InChI=1S/C25H34N2O4S/c1-3-19(28)15-26(14-18-7-8-18)16-25(29)27-11-9-24-22(10-12-32-24)23(27)17-31-21-6-4-5-20(13-21)30-2/h4-6,10,12-13,18-19,23,28H,3,7-9,11,14-17H2,1-2H3/t19-,23+/m1/s1. The van der Waals surface area contributed by atoms with Crippen LogP contribution in [0.2, 0.25) is 0 Å². The number of thiophene rings is 1. The minimum Gasteiger partial charge on any atom is -0.497 e. The van der Waals surface area contributed by atoms with E-state index in [9.17, 15) is 9.90 Å². The van der Waals surface area contributed by atoms with Gasteiger partial charge in [-0.2, -0.15) is 0 Å². The van der Waals surface area contributed by atoms with Crippen LogP contribution in [-0.4, -0.2) is 66.8 Å². The van der Waals surface area contributed by atoms with Gasteiger partial charge in [-0.15, -0.1) is 11.3 Å². The predicted molar refractivity (Wildman–Crippen MR) is 126 cm³/mol. The van der Waals surface area contributed by atoms with Gasteiger partial charge < -0.3 is 19.5 Å². The van der Waals surface area contributed by atoms with Gasteiger partial charge in [-0.25, -0.2) is 0 Å². The number of carbonyl (C=O) groups excluding carboxylic acids is 1. The molecule has 2 aliphatic rings. The Labute approximate surface area is 194 Å². The zero-order valence-electron chi connectivity index (χ0n) is 19.0. The Morgan fingerprint density at radius 2 is 2.12 bits per heavy atom. The van der Waals surface area contributed by atoms with Crippen molar-refractivity contribution in [3.63, 3.8) is 0 Å². The second-order valence-electron chi connectivity index (χ2n) is 8.84. The highest BCUT2D eigenvalue weighted by molar-refractivity contribution is 7.10. The van der Waals surface area contributed by atoms with Crippen molar-refractivity contribution >= 4 is 17.2 Å². The molecule has 2 heterocycles. The van der Waals surface area contributed by atoms with E-state index in [1.54, 1.807) is 18.4 Å². The minimum atomic E-state index is -0.390. The summed E-state index contributed by atoms with van der Waals surface area (Å²) in [6.45, 7) is 4.89. The molecule has 1 amide bonds. The maximum atomic E-state index is 13.5. The average Bonchev–Trinajstić information content (AvgIpc) is 3.49. The summed E-state index contributed by atoms with van der Waals surface area (Å²) in [6, 6.07) is 9.59. The molecule has 1 N–H and O–H groups in total. The van der Waals surface area contributed by atoms with Crippen LogP contribution in [0.3, 0.4) is 0 Å². The summed E-state index contributed by atoms with van der Waals surface area (Å²) in [5, 5.41) is 12.3. The van der Waals surface area contributed by atoms with Crippen LogP contribution in [0.15, 0.2) is 35.7 Å². The highest BCUT2D eigenvalue weighted by atomic mass is 32.1. The third kappa shape index (κ3) is 5.82. The maximum Gasteiger partial charge on any atom is 0.237 e. The largest absolute Gasteiger partial charge is 0.497 e. The van der Waals surface area contributed by atoms with E-state index in [1.807, 2.05) is 36.1 Å². The number of hydrogen-bond donors (Lipinski definition) is 1. The van der Waals surface area contributed by atoms with Gasteiger partial charge in [0.05, 0.1) is 25.8 Å². The molecule has 1 saturated carbocycles. The van der Waals surface area contributed by atoms with Gasteiger partial charge in [0.1, 0.15) is 18.1 Å². The smallest absolute Gasteiger partial charge is 0.237 e. The van der Waals surface area contributed by atoms with Crippen molar-refractivity contribution in [2.75, 3.05) is 39.9 Å². The molecule has 0 saturated heterocycles. The number of methoxy groups -OCH3 is 1. The number of aliphatic hydroxyl groups excluding tert-OH is 1. The Bertz CT molecular complexity index is 898. The monoisotopic (exact) mass is 458 g/mol. The zero-order chi connectivity index (χ0) is 22.5. The molecule has 7 heteroatoms. The van der Waals surface area contributed by atoms with Crippen molar-refractivity contribution in [2.45, 2.75) is 44.8 Å². The molecule has 6 nitrogen and oxygen atoms in total. The second kappa shape index (κ2) is 10.7. The van der Waals surface area contributed by atoms with Gasteiger partial charge in [0.2, 0.25) is 5.91 Å². The van der Waals surface area contributed by atoms with Gasteiger partial charge in [0.25, 0.3) is 0 Å². The molecular formula is C25H34N2O4S. The lowest BCUT2D eigenvalue weighted by molar-refractivity contribution is -0.136. The molecule has 0 bridgehead atoms. The first-order chi connectivity index (χ1) is 15.6. The van der Waals surface area contributed by atoms with E-state index in [0.29, 0.717) is 38.6 Å². The summed E-state index contributed by atoms with van der Waals surface area (Å²) in [7, 11) is 1.64. The Balaban J connectivity index is 1.46. The number of amides is 1. The molecule has 1 fully saturated rings. The van der Waals surface area contributed by atoms with Gasteiger partial charge in [-0.3, -0.25) is 9.69 Å². The van der Waals surface area contributed by atoms with Gasteiger partial charge in [-0.05, 0) is 60.7 Å². The molecular weight excluding hydrogens is 424 g/mol. The highest BCUT2D eigenvalue weighted by Crippen LogP contribution is 2.35. The average molecular weight is 459 g/mol. The van der Waals surface area contributed by atoms with Crippen LogP contribution < -0.4 is 9.47 Å². The van der Waals surface area contributed by atoms with Crippen molar-refractivity contribution in [1.29, 1.82) is 0 Å². The molecule has 0 spiro atoms. The molecule has 32 heavy (non-hydrogen) atoms. The quantitative estimate of drug-likeness (QED) is 0.556. The first-order valence-electron chi connectivity index (χ1n) is 11.6. The number of hydrogen-bond acceptors (Lipinski definition) is 6. The fraction of sp³-hybridized carbons (Fsp3) is 0.560. The first kappa shape index (κ1) is 23.1. The third-order valence-electron chi connectivity index (χ3n) is 6.38. The van der Waals surface area contributed by atoms with Crippen LogP contribution in [0.4, 0.5) is 0 Å². The molecule has 2 aromatic rings. The van der Waals surface area contributed by atoms with E-state index in [2.05, 4.69) is 16.3 Å². The molecule has 174 valence electrons. The molecule has 0 unspecified atom stereocenters. The Morgan fingerprint density at radius 3 is 2.88 bits per heavy atom. The number of aliphatic hydroxyl groups is 1. The van der Waals surface area contributed by atoms with Crippen LogP contribution >= 0.6 is 11.3 Å². The SMILES string of the molecule is CC[C@@H](O)CN(CC(=O)N1CCc2sccc2[C@@H]1COc1cccc(OC)c1)CC1CC1. The maximum absolute atomic E-state index is 13.5. The molecule has 1 aromatic carbocycles. The molecule has 1 aliphatic heterocycles. The van der Waals surface area contributed by atoms with Crippen LogP contribution in [0.25, 0.3) is 0 Å². The first-order valence-corrected chi connectivity index (χ1v) is 12.5. The van der Waals surface area contributed by atoms with Crippen molar-refractivity contribution in [1.82, 2.24) is 9.80 Å². The van der Waals surface area contributed by atoms with Crippen LogP contribution in [0.1, 0.15) is 42.7 Å². The van der Waals surface area contributed by atoms with Gasteiger partial charge >= 0.3 is 0 Å². The van der Waals surface area contributed by atoms with Crippen LogP contribution in [0, 0.1) is 5.92 Å². The summed E-state index contributed by atoms with van der Waals surface area (Å²) in [5.41, 5.74) is 1.19. The van der Waals surface area contributed by atoms with Crippen molar-refractivity contribution in [2.24, 2.45) is 5.92 Å². The van der Waals surface area contributed by atoms with Gasteiger partial charge in [0, 0.05) is 30.6 Å². The van der Waals surface area contributed by atoms with E-state index in [0.717, 1.165) is 24.5 Å². The van der Waals surface area contributed by atoms with E-state index < -0.39 is 6.10 Å². The molecule has 1 aliphatic carbocycles. The normalized spacial score (nSPS) is 19.0. The van der Waals surface area contributed by atoms with E-state index in [1.165, 1.54) is 23.3 Å². The van der Waals surface area contributed by atoms with Crippen molar-refractivity contribution in [3.8, 4) is 11.5 Å². The minimum absolute atomic E-state index is 0.109. The Hall–Kier alpha value is -2.09. The summed E-state index contributed by atoms with van der Waals surface area (Å²) < 4.78 is 11.4. The van der Waals surface area contributed by atoms with Gasteiger partial charge in [-0.1, -0.05) is 13.0 Å². The van der Waals surface area contributed by atoms with E-state index in [-0.39, 0.29) is 11.9 Å². The lowest BCUT2D eigenvalue weighted by Gasteiger charge is -2.37. The number of rotatable bonds is 11. The van der Waals surface area contributed by atoms with Crippen LogP contribution in [-0.2, 0) is 11.2 Å². The zero-order valence-corrected chi connectivity index (χ0v) is 19.9. The van der Waals surface area contributed by atoms with Gasteiger partial charge in [0.15, 0.2) is 0 Å².